The van der Waals surface area contributed by atoms with E-state index in [9.17, 15) is 0 Å². The van der Waals surface area contributed by atoms with E-state index in [2.05, 4.69) is 31.2 Å². The maximum Gasteiger partial charge on any atom is 0.179 e. The van der Waals surface area contributed by atoms with Crippen molar-refractivity contribution < 1.29 is 9.47 Å². The lowest BCUT2D eigenvalue weighted by Crippen LogP contribution is -2.15. The number of methoxy groups -OCH3 is 1. The van der Waals surface area contributed by atoms with Crippen molar-refractivity contribution in [2.45, 2.75) is 32.6 Å². The molecular formula is C20H26ClNO2. The summed E-state index contributed by atoms with van der Waals surface area (Å²) in [6.07, 6.45) is 1.85. The average molecular weight is 348 g/mol. The monoisotopic (exact) mass is 347 g/mol. The van der Waals surface area contributed by atoms with Crippen LogP contribution in [0, 0.1) is 0 Å². The van der Waals surface area contributed by atoms with Gasteiger partial charge in [0, 0.05) is 5.92 Å². The molecule has 0 radical (unpaired) electrons. The third-order valence-corrected chi connectivity index (χ3v) is 4.48. The van der Waals surface area contributed by atoms with Crippen LogP contribution in [-0.2, 0) is 12.8 Å². The summed E-state index contributed by atoms with van der Waals surface area (Å²) in [4.78, 5) is 0. The molecule has 2 rings (SSSR count). The Morgan fingerprint density at radius 3 is 2.33 bits per heavy atom. The molecule has 0 bridgehead atoms. The van der Waals surface area contributed by atoms with Crippen LogP contribution in [-0.4, -0.2) is 20.3 Å². The molecule has 24 heavy (non-hydrogen) atoms. The lowest BCUT2D eigenvalue weighted by atomic mass is 9.91. The van der Waals surface area contributed by atoms with Gasteiger partial charge in [0.1, 0.15) is 0 Å². The van der Waals surface area contributed by atoms with Gasteiger partial charge in [-0.25, -0.2) is 0 Å². The first-order chi connectivity index (χ1) is 11.6. The zero-order valence-electron chi connectivity index (χ0n) is 14.6. The number of aryl methyl sites for hydroxylation is 1. The Labute approximate surface area is 149 Å². The van der Waals surface area contributed by atoms with Crippen molar-refractivity contribution in [3.63, 3.8) is 0 Å². The van der Waals surface area contributed by atoms with Crippen LogP contribution in [0.2, 0.25) is 5.02 Å². The molecule has 0 spiro atoms. The first kappa shape index (κ1) is 18.6. The van der Waals surface area contributed by atoms with E-state index in [0.29, 0.717) is 29.7 Å². The zero-order valence-corrected chi connectivity index (χ0v) is 15.4. The molecule has 3 nitrogen and oxygen atoms in total. The van der Waals surface area contributed by atoms with Gasteiger partial charge in [0.2, 0.25) is 0 Å². The van der Waals surface area contributed by atoms with Gasteiger partial charge in [-0.1, -0.05) is 42.8 Å². The van der Waals surface area contributed by atoms with Crippen LogP contribution in [0.5, 0.6) is 11.5 Å². The number of nitrogens with two attached hydrogens (primary N) is 1. The van der Waals surface area contributed by atoms with Gasteiger partial charge in [0.15, 0.2) is 11.5 Å². The van der Waals surface area contributed by atoms with Crippen molar-refractivity contribution in [1.29, 1.82) is 0 Å². The highest BCUT2D eigenvalue weighted by Crippen LogP contribution is 2.37. The molecule has 0 aliphatic heterocycles. The Hall–Kier alpha value is -1.71. The summed E-state index contributed by atoms with van der Waals surface area (Å²) in [7, 11) is 1.60. The third kappa shape index (κ3) is 4.43. The highest BCUT2D eigenvalue weighted by Gasteiger charge is 2.16. The lowest BCUT2D eigenvalue weighted by molar-refractivity contribution is 0.310. The second kappa shape index (κ2) is 8.95. The molecule has 0 aliphatic rings. The highest BCUT2D eigenvalue weighted by atomic mass is 35.5. The summed E-state index contributed by atoms with van der Waals surface area (Å²) >= 11 is 6.35. The molecular weight excluding hydrogens is 322 g/mol. The Balaban J connectivity index is 2.26. The van der Waals surface area contributed by atoms with E-state index in [4.69, 9.17) is 26.8 Å². The van der Waals surface area contributed by atoms with Crippen molar-refractivity contribution in [2.75, 3.05) is 20.3 Å². The van der Waals surface area contributed by atoms with E-state index in [-0.39, 0.29) is 5.92 Å². The number of halogens is 1. The second-order valence-corrected chi connectivity index (χ2v) is 6.18. The minimum atomic E-state index is 0.245. The number of hydrogen-bond acceptors (Lipinski definition) is 3. The number of rotatable bonds is 8. The van der Waals surface area contributed by atoms with E-state index >= 15 is 0 Å². The number of ether oxygens (including phenoxy) is 2. The van der Waals surface area contributed by atoms with Crippen molar-refractivity contribution in [3.05, 3.63) is 58.1 Å². The Kier molecular flexibility index (Phi) is 6.95. The standard InChI is InChI=1S/C20H26ClNO2/c1-4-14-6-8-16(9-7-14)17(13-22)10-15-11-18(21)20(23-3)19(12-15)24-5-2/h6-9,11-12,17H,4-5,10,13,22H2,1-3H3. The van der Waals surface area contributed by atoms with Gasteiger partial charge in [0.05, 0.1) is 18.7 Å². The van der Waals surface area contributed by atoms with Crippen LogP contribution >= 0.6 is 11.6 Å². The largest absolute Gasteiger partial charge is 0.491 e. The van der Waals surface area contributed by atoms with Crippen molar-refractivity contribution in [3.8, 4) is 11.5 Å². The molecule has 4 heteroatoms. The highest BCUT2D eigenvalue weighted by molar-refractivity contribution is 6.32. The molecule has 1 unspecified atom stereocenters. The first-order valence-corrected chi connectivity index (χ1v) is 8.78. The second-order valence-electron chi connectivity index (χ2n) is 5.77. The number of hydrogen-bond donors (Lipinski definition) is 1. The Bertz CT molecular complexity index is 655. The SMILES string of the molecule is CCOc1cc(CC(CN)c2ccc(CC)cc2)cc(Cl)c1OC. The summed E-state index contributed by atoms with van der Waals surface area (Å²) in [6, 6.07) is 12.6. The summed E-state index contributed by atoms with van der Waals surface area (Å²) in [5, 5.41) is 0.565. The van der Waals surface area contributed by atoms with Gasteiger partial charge in [-0.2, -0.15) is 0 Å². The van der Waals surface area contributed by atoms with E-state index in [1.807, 2.05) is 19.1 Å². The summed E-state index contributed by atoms with van der Waals surface area (Å²) in [6.45, 7) is 5.25. The van der Waals surface area contributed by atoms with Crippen LogP contribution in [0.1, 0.15) is 36.5 Å². The van der Waals surface area contributed by atoms with Gasteiger partial charge < -0.3 is 15.2 Å². The third-order valence-electron chi connectivity index (χ3n) is 4.20. The van der Waals surface area contributed by atoms with Crippen LogP contribution in [0.3, 0.4) is 0 Å². The smallest absolute Gasteiger partial charge is 0.179 e. The molecule has 2 aromatic rings. The van der Waals surface area contributed by atoms with Gasteiger partial charge >= 0.3 is 0 Å². The molecule has 130 valence electrons. The van der Waals surface area contributed by atoms with Crippen LogP contribution in [0.25, 0.3) is 0 Å². The summed E-state index contributed by atoms with van der Waals surface area (Å²) in [5.74, 6) is 1.51. The minimum absolute atomic E-state index is 0.245. The molecule has 2 N–H and O–H groups in total. The fourth-order valence-electron chi connectivity index (χ4n) is 2.85. The maximum absolute atomic E-state index is 6.35. The van der Waals surface area contributed by atoms with E-state index < -0.39 is 0 Å². The first-order valence-electron chi connectivity index (χ1n) is 8.40. The molecule has 0 aliphatic carbocycles. The van der Waals surface area contributed by atoms with Crippen LogP contribution in [0.15, 0.2) is 36.4 Å². The fraction of sp³-hybridized carbons (Fsp3) is 0.400. The quantitative estimate of drug-likeness (QED) is 0.759. The van der Waals surface area contributed by atoms with E-state index in [1.54, 1.807) is 7.11 Å². The lowest BCUT2D eigenvalue weighted by Gasteiger charge is -2.18. The molecule has 0 fully saturated rings. The molecule has 0 saturated heterocycles. The van der Waals surface area contributed by atoms with Gasteiger partial charge in [-0.3, -0.25) is 0 Å². The van der Waals surface area contributed by atoms with Crippen molar-refractivity contribution >= 4 is 11.6 Å². The molecule has 0 aromatic heterocycles. The van der Waals surface area contributed by atoms with Crippen molar-refractivity contribution in [1.82, 2.24) is 0 Å². The predicted octanol–water partition coefficient (Wildman–Crippen LogP) is 4.59. The van der Waals surface area contributed by atoms with Gasteiger partial charge in [0.25, 0.3) is 0 Å². The molecule has 2 aromatic carbocycles. The van der Waals surface area contributed by atoms with Crippen LogP contribution in [0.4, 0.5) is 0 Å². The van der Waals surface area contributed by atoms with E-state index in [1.165, 1.54) is 11.1 Å². The maximum atomic E-state index is 6.35. The normalized spacial score (nSPS) is 12.0. The molecule has 0 heterocycles. The van der Waals surface area contributed by atoms with Crippen molar-refractivity contribution in [2.24, 2.45) is 5.73 Å². The van der Waals surface area contributed by atoms with Gasteiger partial charge in [-0.15, -0.1) is 0 Å². The van der Waals surface area contributed by atoms with Gasteiger partial charge in [-0.05, 0) is 55.1 Å². The average Bonchev–Trinajstić information content (AvgIpc) is 2.60. The zero-order chi connectivity index (χ0) is 17.5. The molecule has 1 atom stereocenters. The number of benzene rings is 2. The molecule has 0 saturated carbocycles. The summed E-state index contributed by atoms with van der Waals surface area (Å²) in [5.41, 5.74) is 9.71. The topological polar surface area (TPSA) is 44.5 Å². The Morgan fingerprint density at radius 1 is 1.08 bits per heavy atom. The molecule has 0 amide bonds. The summed E-state index contributed by atoms with van der Waals surface area (Å²) < 4.78 is 11.0. The Morgan fingerprint density at radius 2 is 1.79 bits per heavy atom. The van der Waals surface area contributed by atoms with Crippen LogP contribution < -0.4 is 15.2 Å². The van der Waals surface area contributed by atoms with E-state index in [0.717, 1.165) is 18.4 Å². The fourth-order valence-corrected chi connectivity index (χ4v) is 3.16. The minimum Gasteiger partial charge on any atom is -0.491 e. The predicted molar refractivity (Wildman–Crippen MR) is 100 cm³/mol.